The number of para-hydroxylation sites is 1. The molecule has 0 radical (unpaired) electrons. The van der Waals surface area contributed by atoms with Crippen LogP contribution in [0.2, 0.25) is 0 Å². The summed E-state index contributed by atoms with van der Waals surface area (Å²) in [6.45, 7) is 4.13. The number of morpholine rings is 1. The second kappa shape index (κ2) is 11.7. The summed E-state index contributed by atoms with van der Waals surface area (Å²) < 4.78 is 40.7. The van der Waals surface area contributed by atoms with Gasteiger partial charge in [0.2, 0.25) is 17.8 Å². The van der Waals surface area contributed by atoms with E-state index < -0.39 is 10.1 Å². The van der Waals surface area contributed by atoms with E-state index in [1.54, 1.807) is 31.2 Å². The van der Waals surface area contributed by atoms with Crippen molar-refractivity contribution < 1.29 is 47.3 Å². The van der Waals surface area contributed by atoms with Gasteiger partial charge in [-0.3, -0.25) is 0 Å². The summed E-state index contributed by atoms with van der Waals surface area (Å²) in [6.07, 6.45) is 3.23. The Morgan fingerprint density at radius 2 is 1.62 bits per heavy atom. The van der Waals surface area contributed by atoms with Crippen molar-refractivity contribution in [1.29, 1.82) is 0 Å². The van der Waals surface area contributed by atoms with E-state index in [0.717, 1.165) is 5.69 Å². The molecule has 3 aromatic rings. The van der Waals surface area contributed by atoms with Crippen molar-refractivity contribution in [3.8, 4) is 0 Å². The first kappa shape index (κ1) is 26.1. The van der Waals surface area contributed by atoms with Gasteiger partial charge in [-0.05, 0) is 36.8 Å². The molecule has 0 bridgehead atoms. The van der Waals surface area contributed by atoms with Crippen molar-refractivity contribution in [2.45, 2.75) is 11.8 Å². The van der Waals surface area contributed by atoms with E-state index in [0.29, 0.717) is 49.5 Å². The van der Waals surface area contributed by atoms with E-state index in [1.807, 2.05) is 35.2 Å². The van der Waals surface area contributed by atoms with E-state index in [9.17, 15) is 13.0 Å². The molecule has 172 valence electrons. The van der Waals surface area contributed by atoms with Crippen molar-refractivity contribution >= 4 is 45.4 Å². The zero-order valence-corrected chi connectivity index (χ0v) is 21.7. The number of nitrogens with zero attached hydrogens (tertiary/aromatic N) is 4. The van der Waals surface area contributed by atoms with Crippen LogP contribution in [0.3, 0.4) is 0 Å². The summed E-state index contributed by atoms with van der Waals surface area (Å²) in [4.78, 5) is 15.1. The second-order valence-electron chi connectivity index (χ2n) is 7.20. The van der Waals surface area contributed by atoms with Gasteiger partial charge in [0.05, 0.1) is 18.1 Å². The largest absolute Gasteiger partial charge is 1.00 e. The standard InChI is InChI=1S/C22H24N6O4S.Na/c1-2-6-16-9-10-18(15-19(16)33(29,30)31)24-21-25-20(23-17-7-4-3-5-8-17)26-22(27-21)28-11-13-32-14-12-28;/h2-10,15H,11-14H2,1H3,(H,29,30,31)(H2,23,24,25,26,27);/q;+1/p-1/b6-2+;. The SMILES string of the molecule is C/C=C/c1ccc(Nc2nc(Nc3ccccc3)nc(N3CCOCC3)n2)cc1S(=O)(=O)[O-].[Na+]. The molecule has 1 saturated heterocycles. The van der Waals surface area contributed by atoms with Gasteiger partial charge in [-0.15, -0.1) is 0 Å². The smallest absolute Gasteiger partial charge is 0.744 e. The molecule has 2 N–H and O–H groups in total. The third kappa shape index (κ3) is 6.75. The maximum Gasteiger partial charge on any atom is 1.00 e. The van der Waals surface area contributed by atoms with Crippen LogP contribution < -0.4 is 45.1 Å². The van der Waals surface area contributed by atoms with Crippen molar-refractivity contribution in [2.75, 3.05) is 41.8 Å². The van der Waals surface area contributed by atoms with E-state index in [4.69, 9.17) is 4.74 Å². The van der Waals surface area contributed by atoms with Crippen LogP contribution in [0.25, 0.3) is 6.08 Å². The molecule has 0 unspecified atom stereocenters. The number of nitrogens with one attached hydrogen (secondary N) is 2. The minimum Gasteiger partial charge on any atom is -0.744 e. The molecular weight excluding hydrogens is 467 g/mol. The molecule has 4 rings (SSSR count). The Kier molecular flexibility index (Phi) is 9.00. The number of benzene rings is 2. The predicted molar refractivity (Wildman–Crippen MR) is 125 cm³/mol. The summed E-state index contributed by atoms with van der Waals surface area (Å²) >= 11 is 0. The van der Waals surface area contributed by atoms with Gasteiger partial charge in [0, 0.05) is 24.5 Å². The molecule has 34 heavy (non-hydrogen) atoms. The van der Waals surface area contributed by atoms with Crippen LogP contribution in [0.1, 0.15) is 12.5 Å². The van der Waals surface area contributed by atoms with Gasteiger partial charge in [0.1, 0.15) is 10.1 Å². The van der Waals surface area contributed by atoms with Crippen LogP contribution in [0.15, 0.2) is 59.5 Å². The van der Waals surface area contributed by atoms with Crippen molar-refractivity contribution in [3.05, 3.63) is 60.2 Å². The molecule has 0 saturated carbocycles. The zero-order valence-electron chi connectivity index (χ0n) is 18.9. The third-order valence-electron chi connectivity index (χ3n) is 4.83. The van der Waals surface area contributed by atoms with Crippen LogP contribution in [0, 0.1) is 0 Å². The number of hydrogen-bond donors (Lipinski definition) is 2. The van der Waals surface area contributed by atoms with Gasteiger partial charge in [-0.2, -0.15) is 15.0 Å². The maximum atomic E-state index is 11.8. The van der Waals surface area contributed by atoms with Crippen LogP contribution in [0.4, 0.5) is 29.2 Å². The fourth-order valence-electron chi connectivity index (χ4n) is 3.31. The number of hydrogen-bond acceptors (Lipinski definition) is 10. The Bertz CT molecular complexity index is 1250. The Morgan fingerprint density at radius 1 is 0.971 bits per heavy atom. The van der Waals surface area contributed by atoms with Crippen molar-refractivity contribution in [3.63, 3.8) is 0 Å². The third-order valence-corrected chi connectivity index (χ3v) is 5.72. The minimum atomic E-state index is -4.67. The number of ether oxygens (including phenoxy) is 1. The quantitative estimate of drug-likeness (QED) is 0.348. The van der Waals surface area contributed by atoms with Gasteiger partial charge in [0.15, 0.2) is 0 Å². The molecule has 0 aliphatic carbocycles. The van der Waals surface area contributed by atoms with Crippen molar-refractivity contribution in [1.82, 2.24) is 15.0 Å². The molecule has 0 amide bonds. The van der Waals surface area contributed by atoms with Crippen LogP contribution in [0.5, 0.6) is 0 Å². The number of anilines is 5. The van der Waals surface area contributed by atoms with Gasteiger partial charge in [-0.1, -0.05) is 36.4 Å². The Hall–Kier alpha value is -2.54. The first-order valence-corrected chi connectivity index (χ1v) is 11.7. The fraction of sp³-hybridized carbons (Fsp3) is 0.227. The first-order chi connectivity index (χ1) is 15.9. The van der Waals surface area contributed by atoms with Crippen molar-refractivity contribution in [2.24, 2.45) is 0 Å². The summed E-state index contributed by atoms with van der Waals surface area (Å²) in [5.74, 6) is 0.983. The summed E-state index contributed by atoms with van der Waals surface area (Å²) in [5, 5.41) is 6.16. The molecule has 0 atom stereocenters. The Morgan fingerprint density at radius 3 is 2.24 bits per heavy atom. The zero-order chi connectivity index (χ0) is 23.3. The van der Waals surface area contributed by atoms with Gasteiger partial charge in [0.25, 0.3) is 0 Å². The molecule has 2 heterocycles. The average molecular weight is 491 g/mol. The minimum absolute atomic E-state index is 0. The van der Waals surface area contributed by atoms with Gasteiger partial charge < -0.3 is 24.8 Å². The fourth-order valence-corrected chi connectivity index (χ4v) is 4.00. The van der Waals surface area contributed by atoms with E-state index in [-0.39, 0.29) is 40.4 Å². The number of allylic oxidation sites excluding steroid dienone is 1. The molecule has 1 aliphatic heterocycles. The topological polar surface area (TPSA) is 132 Å². The second-order valence-corrected chi connectivity index (χ2v) is 8.55. The van der Waals surface area contributed by atoms with Crippen LogP contribution >= 0.6 is 0 Å². The first-order valence-electron chi connectivity index (χ1n) is 10.3. The molecule has 1 aliphatic rings. The van der Waals surface area contributed by atoms with E-state index in [2.05, 4.69) is 25.6 Å². The molecule has 1 fully saturated rings. The Labute approximate surface area is 220 Å². The Balaban J connectivity index is 0.00000324. The van der Waals surface area contributed by atoms with Crippen LogP contribution in [-0.2, 0) is 14.9 Å². The summed E-state index contributed by atoms with van der Waals surface area (Å²) in [7, 11) is -4.67. The normalized spacial score (nSPS) is 14.0. The molecule has 1 aromatic heterocycles. The van der Waals surface area contributed by atoms with Gasteiger partial charge >= 0.3 is 29.6 Å². The predicted octanol–water partition coefficient (Wildman–Crippen LogP) is 0.137. The van der Waals surface area contributed by atoms with Gasteiger partial charge in [-0.25, -0.2) is 8.42 Å². The summed E-state index contributed by atoms with van der Waals surface area (Å²) in [5.41, 5.74) is 1.48. The summed E-state index contributed by atoms with van der Waals surface area (Å²) in [6, 6.07) is 14.0. The molecule has 2 aromatic carbocycles. The molecule has 12 heteroatoms. The number of aromatic nitrogens is 3. The number of rotatable bonds is 7. The van der Waals surface area contributed by atoms with E-state index in [1.165, 1.54) is 6.07 Å². The molecule has 10 nitrogen and oxygen atoms in total. The molecular formula is C22H23N6NaO4S. The van der Waals surface area contributed by atoms with Crippen LogP contribution in [-0.4, -0.2) is 54.2 Å². The molecule has 0 spiro atoms. The average Bonchev–Trinajstić information content (AvgIpc) is 2.81. The van der Waals surface area contributed by atoms with E-state index >= 15 is 0 Å². The monoisotopic (exact) mass is 490 g/mol. The maximum absolute atomic E-state index is 11.8.